The summed E-state index contributed by atoms with van der Waals surface area (Å²) < 4.78 is 32.6. The second-order valence-electron chi connectivity index (χ2n) is 11.4. The highest BCUT2D eigenvalue weighted by atomic mass is 35.5. The van der Waals surface area contributed by atoms with E-state index in [9.17, 15) is 13.6 Å². The standard InChI is InChI=1S/C29H41ClF2O2/c1-2-3-4-5-6-19-7-8-24-16-23(14-13-22(24)15-19)20-9-11-21(12-10-20)29(33)34-25-17-26(31)28(30)27(32)18-25/h17-24H,2-16H2,1H3. The Labute approximate surface area is 209 Å². The molecule has 3 aliphatic rings. The van der Waals surface area contributed by atoms with Crippen molar-refractivity contribution < 1.29 is 18.3 Å². The van der Waals surface area contributed by atoms with E-state index in [4.69, 9.17) is 16.3 Å². The maximum Gasteiger partial charge on any atom is 0.314 e. The molecule has 4 rings (SSSR count). The van der Waals surface area contributed by atoms with Crippen LogP contribution in [-0.2, 0) is 4.79 Å². The van der Waals surface area contributed by atoms with Gasteiger partial charge in [0.25, 0.3) is 0 Å². The van der Waals surface area contributed by atoms with Crippen molar-refractivity contribution >= 4 is 17.6 Å². The summed E-state index contributed by atoms with van der Waals surface area (Å²) in [5.41, 5.74) is 0. The van der Waals surface area contributed by atoms with E-state index in [0.29, 0.717) is 5.92 Å². The minimum atomic E-state index is -0.908. The molecule has 0 aromatic heterocycles. The number of ether oxygens (including phenoxy) is 1. The molecule has 0 N–H and O–H groups in total. The first-order valence-electron chi connectivity index (χ1n) is 13.8. The first-order valence-corrected chi connectivity index (χ1v) is 14.2. The first kappa shape index (κ1) is 25.9. The molecule has 190 valence electrons. The zero-order chi connectivity index (χ0) is 24.1. The molecule has 3 fully saturated rings. The van der Waals surface area contributed by atoms with Crippen LogP contribution in [0.2, 0.25) is 5.02 Å². The molecule has 3 aliphatic carbocycles. The summed E-state index contributed by atoms with van der Waals surface area (Å²) in [7, 11) is 0. The minimum Gasteiger partial charge on any atom is -0.426 e. The average Bonchev–Trinajstić information content (AvgIpc) is 2.85. The fourth-order valence-electron chi connectivity index (χ4n) is 7.19. The van der Waals surface area contributed by atoms with Gasteiger partial charge in [-0.05, 0) is 87.4 Å². The lowest BCUT2D eigenvalue weighted by Crippen LogP contribution is -2.35. The van der Waals surface area contributed by atoms with Crippen molar-refractivity contribution in [2.45, 2.75) is 103 Å². The number of hydrogen-bond acceptors (Lipinski definition) is 2. The molecule has 1 aromatic carbocycles. The van der Waals surface area contributed by atoms with Crippen LogP contribution >= 0.6 is 11.6 Å². The Morgan fingerprint density at radius 2 is 1.44 bits per heavy atom. The zero-order valence-electron chi connectivity index (χ0n) is 20.7. The summed E-state index contributed by atoms with van der Waals surface area (Å²) in [4.78, 5) is 12.6. The van der Waals surface area contributed by atoms with Gasteiger partial charge in [0.2, 0.25) is 0 Å². The Kier molecular flexibility index (Phi) is 9.29. The lowest BCUT2D eigenvalue weighted by Gasteiger charge is -2.45. The van der Waals surface area contributed by atoms with Gasteiger partial charge < -0.3 is 4.74 Å². The Bertz CT molecular complexity index is 797. The van der Waals surface area contributed by atoms with E-state index in [1.54, 1.807) is 0 Å². The summed E-state index contributed by atoms with van der Waals surface area (Å²) in [6.45, 7) is 2.29. The number of carbonyl (C=O) groups excluding carboxylic acids is 1. The van der Waals surface area contributed by atoms with E-state index in [0.717, 1.165) is 61.5 Å². The van der Waals surface area contributed by atoms with Gasteiger partial charge in [-0.2, -0.15) is 0 Å². The van der Waals surface area contributed by atoms with Crippen molar-refractivity contribution in [3.63, 3.8) is 0 Å². The van der Waals surface area contributed by atoms with E-state index in [2.05, 4.69) is 6.92 Å². The molecule has 0 aliphatic heterocycles. The van der Waals surface area contributed by atoms with E-state index in [1.165, 1.54) is 70.6 Å². The van der Waals surface area contributed by atoms with Crippen molar-refractivity contribution in [3.8, 4) is 5.75 Å². The molecular weight excluding hydrogens is 454 g/mol. The minimum absolute atomic E-state index is 0.106. The maximum atomic E-state index is 13.6. The van der Waals surface area contributed by atoms with Gasteiger partial charge in [-0.15, -0.1) is 0 Å². The molecule has 5 heteroatoms. The number of halogens is 3. The third-order valence-corrected chi connectivity index (χ3v) is 9.54. The summed E-state index contributed by atoms with van der Waals surface area (Å²) in [6, 6.07) is 1.96. The highest BCUT2D eigenvalue weighted by molar-refractivity contribution is 6.30. The zero-order valence-corrected chi connectivity index (χ0v) is 21.4. The summed E-state index contributed by atoms with van der Waals surface area (Å²) in [5.74, 6) is 1.88. The van der Waals surface area contributed by atoms with Crippen LogP contribution in [0.4, 0.5) is 8.78 Å². The van der Waals surface area contributed by atoms with Crippen LogP contribution in [0, 0.1) is 47.1 Å². The Balaban J connectivity index is 1.20. The summed E-state index contributed by atoms with van der Waals surface area (Å²) in [6.07, 6.45) is 19.2. The number of esters is 1. The van der Waals surface area contributed by atoms with Gasteiger partial charge in [-0.25, -0.2) is 8.78 Å². The van der Waals surface area contributed by atoms with Gasteiger partial charge >= 0.3 is 5.97 Å². The second-order valence-corrected chi connectivity index (χ2v) is 11.7. The topological polar surface area (TPSA) is 26.3 Å². The van der Waals surface area contributed by atoms with Gasteiger partial charge in [-0.3, -0.25) is 4.79 Å². The van der Waals surface area contributed by atoms with Crippen molar-refractivity contribution in [2.75, 3.05) is 0 Å². The predicted octanol–water partition coefficient (Wildman–Crippen LogP) is 9.13. The summed E-state index contributed by atoms with van der Waals surface area (Å²) in [5, 5.41) is -0.574. The molecule has 4 atom stereocenters. The molecule has 3 saturated carbocycles. The van der Waals surface area contributed by atoms with Gasteiger partial charge in [-0.1, -0.05) is 57.0 Å². The van der Waals surface area contributed by atoms with Crippen LogP contribution in [0.5, 0.6) is 5.75 Å². The molecule has 1 aromatic rings. The third kappa shape index (κ3) is 6.53. The lowest BCUT2D eigenvalue weighted by atomic mass is 9.60. The Morgan fingerprint density at radius 3 is 2.12 bits per heavy atom. The summed E-state index contributed by atoms with van der Waals surface area (Å²) >= 11 is 5.51. The van der Waals surface area contributed by atoms with Gasteiger partial charge in [0.05, 0.1) is 5.92 Å². The Morgan fingerprint density at radius 1 is 0.853 bits per heavy atom. The molecule has 0 spiro atoms. The first-order chi connectivity index (χ1) is 16.4. The average molecular weight is 495 g/mol. The fraction of sp³-hybridized carbons (Fsp3) is 0.759. The van der Waals surface area contributed by atoms with Crippen LogP contribution in [-0.4, -0.2) is 5.97 Å². The lowest BCUT2D eigenvalue weighted by molar-refractivity contribution is -0.140. The smallest absolute Gasteiger partial charge is 0.314 e. The molecule has 0 bridgehead atoms. The highest BCUT2D eigenvalue weighted by Gasteiger charge is 2.39. The van der Waals surface area contributed by atoms with E-state index >= 15 is 0 Å². The quantitative estimate of drug-likeness (QED) is 0.156. The van der Waals surface area contributed by atoms with Gasteiger partial charge in [0, 0.05) is 12.1 Å². The second kappa shape index (κ2) is 12.2. The number of unbranched alkanes of at least 4 members (excludes halogenated alkanes) is 3. The molecule has 0 radical (unpaired) electrons. The molecule has 0 heterocycles. The molecule has 0 amide bonds. The largest absolute Gasteiger partial charge is 0.426 e. The highest BCUT2D eigenvalue weighted by Crippen LogP contribution is 2.49. The van der Waals surface area contributed by atoms with Crippen molar-refractivity contribution in [1.82, 2.24) is 0 Å². The van der Waals surface area contributed by atoms with Gasteiger partial charge in [0.1, 0.15) is 22.4 Å². The van der Waals surface area contributed by atoms with E-state index in [-0.39, 0.29) is 17.6 Å². The third-order valence-electron chi connectivity index (χ3n) is 9.18. The number of hydrogen-bond donors (Lipinski definition) is 0. The number of rotatable bonds is 8. The van der Waals surface area contributed by atoms with E-state index in [1.807, 2.05) is 0 Å². The van der Waals surface area contributed by atoms with E-state index < -0.39 is 16.7 Å². The number of benzene rings is 1. The number of carbonyl (C=O) groups is 1. The number of fused-ring (bicyclic) bond motifs is 1. The Hall–Kier alpha value is -1.16. The van der Waals surface area contributed by atoms with Crippen LogP contribution in [0.25, 0.3) is 0 Å². The van der Waals surface area contributed by atoms with Crippen LogP contribution in [0.1, 0.15) is 103 Å². The normalized spacial score (nSPS) is 31.6. The monoisotopic (exact) mass is 494 g/mol. The molecule has 2 nitrogen and oxygen atoms in total. The molecular formula is C29H41ClF2O2. The SMILES string of the molecule is CCCCCCC1CCC2CC(C3CCC(C(=O)Oc4cc(F)c(Cl)c(F)c4)CC3)CCC2C1. The molecule has 4 unspecified atom stereocenters. The van der Waals surface area contributed by atoms with Crippen molar-refractivity contribution in [3.05, 3.63) is 28.8 Å². The van der Waals surface area contributed by atoms with Crippen LogP contribution in [0.15, 0.2) is 12.1 Å². The van der Waals surface area contributed by atoms with Crippen LogP contribution in [0.3, 0.4) is 0 Å². The van der Waals surface area contributed by atoms with Crippen LogP contribution < -0.4 is 4.74 Å². The fourth-order valence-corrected chi connectivity index (χ4v) is 7.30. The maximum absolute atomic E-state index is 13.6. The van der Waals surface area contributed by atoms with Crippen molar-refractivity contribution in [1.29, 1.82) is 0 Å². The molecule has 34 heavy (non-hydrogen) atoms. The predicted molar refractivity (Wildman–Crippen MR) is 133 cm³/mol. The van der Waals surface area contributed by atoms with Gasteiger partial charge in [0.15, 0.2) is 0 Å². The van der Waals surface area contributed by atoms with Crippen molar-refractivity contribution in [2.24, 2.45) is 35.5 Å². The molecule has 0 saturated heterocycles.